The van der Waals surface area contributed by atoms with Gasteiger partial charge < -0.3 is 10.6 Å². The van der Waals surface area contributed by atoms with Gasteiger partial charge in [0.1, 0.15) is 0 Å². The predicted molar refractivity (Wildman–Crippen MR) is 74.3 cm³/mol. The van der Waals surface area contributed by atoms with E-state index < -0.39 is 0 Å². The Morgan fingerprint density at radius 1 is 1.29 bits per heavy atom. The number of hydrogen-bond acceptors (Lipinski definition) is 2. The molecular weight excluding hydrogens is 236 g/mol. The van der Waals surface area contributed by atoms with E-state index in [1.165, 1.54) is 25.7 Å². The van der Waals surface area contributed by atoms with Crippen molar-refractivity contribution >= 4 is 18.3 Å². The minimum atomic E-state index is -0.0245. The summed E-state index contributed by atoms with van der Waals surface area (Å²) in [6, 6.07) is 0.456. The molecule has 3 nitrogen and oxygen atoms in total. The number of halogens is 1. The van der Waals surface area contributed by atoms with Crippen molar-refractivity contribution in [3.8, 4) is 0 Å². The molecule has 0 aromatic carbocycles. The van der Waals surface area contributed by atoms with Crippen LogP contribution in [0.5, 0.6) is 0 Å². The molecule has 0 spiro atoms. The third-order valence-electron chi connectivity index (χ3n) is 3.14. The average Bonchev–Trinajstić information content (AvgIpc) is 2.64. The molecule has 0 aliphatic heterocycles. The van der Waals surface area contributed by atoms with E-state index in [-0.39, 0.29) is 24.4 Å². The molecule has 0 bridgehead atoms. The van der Waals surface area contributed by atoms with E-state index in [9.17, 15) is 4.79 Å². The SMILES string of the molecule is CC(C)CN(C(=O)CC(C)N)C1CCCC1.Cl. The largest absolute Gasteiger partial charge is 0.339 e. The molecule has 1 aliphatic carbocycles. The molecule has 1 aliphatic rings. The van der Waals surface area contributed by atoms with E-state index in [4.69, 9.17) is 5.73 Å². The highest BCUT2D eigenvalue weighted by Gasteiger charge is 2.27. The van der Waals surface area contributed by atoms with Gasteiger partial charge >= 0.3 is 0 Å². The predicted octanol–water partition coefficient (Wildman–Crippen LogP) is 2.57. The monoisotopic (exact) mass is 262 g/mol. The van der Waals surface area contributed by atoms with E-state index in [2.05, 4.69) is 18.7 Å². The second-order valence-corrected chi connectivity index (χ2v) is 5.56. The lowest BCUT2D eigenvalue weighted by Crippen LogP contribution is -2.43. The minimum Gasteiger partial charge on any atom is -0.339 e. The molecule has 2 N–H and O–H groups in total. The number of nitrogens with two attached hydrogens (primary N) is 1. The molecule has 17 heavy (non-hydrogen) atoms. The van der Waals surface area contributed by atoms with Crippen LogP contribution in [0, 0.1) is 5.92 Å². The highest BCUT2D eigenvalue weighted by Crippen LogP contribution is 2.25. The molecule has 102 valence electrons. The van der Waals surface area contributed by atoms with E-state index in [1.54, 1.807) is 0 Å². The molecule has 1 unspecified atom stereocenters. The highest BCUT2D eigenvalue weighted by atomic mass is 35.5. The molecule has 0 saturated heterocycles. The molecule has 0 aromatic rings. The quantitative estimate of drug-likeness (QED) is 0.828. The Bertz CT molecular complexity index is 225. The Morgan fingerprint density at radius 3 is 2.24 bits per heavy atom. The zero-order valence-corrected chi connectivity index (χ0v) is 12.1. The minimum absolute atomic E-state index is 0. The van der Waals surface area contributed by atoms with Crippen LogP contribution in [-0.4, -0.2) is 29.4 Å². The maximum atomic E-state index is 12.1. The number of hydrogen-bond donors (Lipinski definition) is 1. The van der Waals surface area contributed by atoms with Crippen LogP contribution in [0.1, 0.15) is 52.9 Å². The fourth-order valence-corrected chi connectivity index (χ4v) is 2.46. The van der Waals surface area contributed by atoms with Crippen molar-refractivity contribution in [1.29, 1.82) is 0 Å². The summed E-state index contributed by atoms with van der Waals surface area (Å²) < 4.78 is 0. The molecule has 4 heteroatoms. The van der Waals surface area contributed by atoms with Crippen LogP contribution in [0.15, 0.2) is 0 Å². The van der Waals surface area contributed by atoms with Gasteiger partial charge in [-0.3, -0.25) is 4.79 Å². The van der Waals surface area contributed by atoms with Gasteiger partial charge in [-0.2, -0.15) is 0 Å². The zero-order chi connectivity index (χ0) is 12.1. The fraction of sp³-hybridized carbons (Fsp3) is 0.923. The Kier molecular flexibility index (Phi) is 7.80. The zero-order valence-electron chi connectivity index (χ0n) is 11.3. The van der Waals surface area contributed by atoms with Crippen LogP contribution >= 0.6 is 12.4 Å². The van der Waals surface area contributed by atoms with Crippen molar-refractivity contribution in [2.75, 3.05) is 6.54 Å². The molecule has 1 atom stereocenters. The van der Waals surface area contributed by atoms with Gasteiger partial charge in [-0.15, -0.1) is 12.4 Å². The summed E-state index contributed by atoms with van der Waals surface area (Å²) in [4.78, 5) is 14.2. The molecular formula is C13H27ClN2O. The smallest absolute Gasteiger partial charge is 0.224 e. The summed E-state index contributed by atoms with van der Waals surface area (Å²) in [6.45, 7) is 7.12. The van der Waals surface area contributed by atoms with Crippen LogP contribution in [-0.2, 0) is 4.79 Å². The van der Waals surface area contributed by atoms with Gasteiger partial charge in [0.05, 0.1) is 0 Å². The van der Waals surface area contributed by atoms with Crippen LogP contribution in [0.4, 0.5) is 0 Å². The normalized spacial score (nSPS) is 17.9. The van der Waals surface area contributed by atoms with Gasteiger partial charge in [0.2, 0.25) is 5.91 Å². The average molecular weight is 263 g/mol. The second kappa shape index (κ2) is 7.93. The third-order valence-corrected chi connectivity index (χ3v) is 3.14. The lowest BCUT2D eigenvalue weighted by atomic mass is 10.1. The maximum Gasteiger partial charge on any atom is 0.224 e. The van der Waals surface area contributed by atoms with Gasteiger partial charge in [-0.05, 0) is 25.7 Å². The van der Waals surface area contributed by atoms with Gasteiger partial charge in [0.25, 0.3) is 0 Å². The van der Waals surface area contributed by atoms with Gasteiger partial charge in [-0.1, -0.05) is 26.7 Å². The van der Waals surface area contributed by atoms with Crippen molar-refractivity contribution in [2.45, 2.75) is 65.0 Å². The topological polar surface area (TPSA) is 46.3 Å². The first-order valence-corrected chi connectivity index (χ1v) is 6.55. The van der Waals surface area contributed by atoms with E-state index in [0.717, 1.165) is 6.54 Å². The second-order valence-electron chi connectivity index (χ2n) is 5.56. The van der Waals surface area contributed by atoms with E-state index >= 15 is 0 Å². The van der Waals surface area contributed by atoms with Gasteiger partial charge in [0, 0.05) is 25.0 Å². The summed E-state index contributed by atoms with van der Waals surface area (Å²) in [5.74, 6) is 0.785. The Morgan fingerprint density at radius 2 is 1.82 bits per heavy atom. The number of carbonyl (C=O) groups is 1. The first-order chi connectivity index (χ1) is 7.50. The maximum absolute atomic E-state index is 12.1. The molecule has 1 amide bonds. The van der Waals surface area contributed by atoms with Crippen LogP contribution in [0.25, 0.3) is 0 Å². The van der Waals surface area contributed by atoms with Crippen molar-refractivity contribution < 1.29 is 4.79 Å². The third kappa shape index (κ3) is 5.73. The lowest BCUT2D eigenvalue weighted by Gasteiger charge is -2.31. The Labute approximate surface area is 112 Å². The molecule has 1 saturated carbocycles. The summed E-state index contributed by atoms with van der Waals surface area (Å²) in [5, 5.41) is 0. The molecule has 0 aromatic heterocycles. The first kappa shape index (κ1) is 16.7. The van der Waals surface area contributed by atoms with Crippen LogP contribution in [0.3, 0.4) is 0 Å². The number of rotatable bonds is 5. The molecule has 1 rings (SSSR count). The summed E-state index contributed by atoms with van der Waals surface area (Å²) >= 11 is 0. The lowest BCUT2D eigenvalue weighted by molar-refractivity contribution is -0.134. The molecule has 0 heterocycles. The van der Waals surface area contributed by atoms with Gasteiger partial charge in [-0.25, -0.2) is 0 Å². The van der Waals surface area contributed by atoms with Crippen molar-refractivity contribution in [1.82, 2.24) is 4.90 Å². The fourth-order valence-electron chi connectivity index (χ4n) is 2.46. The van der Waals surface area contributed by atoms with Crippen molar-refractivity contribution in [3.05, 3.63) is 0 Å². The molecule has 1 fully saturated rings. The van der Waals surface area contributed by atoms with Crippen molar-refractivity contribution in [3.63, 3.8) is 0 Å². The summed E-state index contributed by atoms with van der Waals surface area (Å²) in [7, 11) is 0. The number of amides is 1. The highest BCUT2D eigenvalue weighted by molar-refractivity contribution is 5.85. The van der Waals surface area contributed by atoms with Crippen LogP contribution < -0.4 is 5.73 Å². The molecule has 0 radical (unpaired) electrons. The summed E-state index contributed by atoms with van der Waals surface area (Å²) in [6.07, 6.45) is 5.38. The Balaban J connectivity index is 0.00000256. The van der Waals surface area contributed by atoms with Crippen LogP contribution in [0.2, 0.25) is 0 Å². The van der Waals surface area contributed by atoms with E-state index in [1.807, 2.05) is 6.92 Å². The standard InChI is InChI=1S/C13H26N2O.ClH/c1-10(2)9-15(12-6-4-5-7-12)13(16)8-11(3)14;/h10-12H,4-9,14H2,1-3H3;1H. The first-order valence-electron chi connectivity index (χ1n) is 6.55. The van der Waals surface area contributed by atoms with Crippen molar-refractivity contribution in [2.24, 2.45) is 11.7 Å². The number of carbonyl (C=O) groups excluding carboxylic acids is 1. The Hall–Kier alpha value is -0.280. The van der Waals surface area contributed by atoms with Gasteiger partial charge in [0.15, 0.2) is 0 Å². The number of nitrogens with zero attached hydrogens (tertiary/aromatic N) is 1. The summed E-state index contributed by atoms with van der Waals surface area (Å²) in [5.41, 5.74) is 5.71. The van der Waals surface area contributed by atoms with E-state index in [0.29, 0.717) is 18.4 Å².